The summed E-state index contributed by atoms with van der Waals surface area (Å²) in [7, 11) is 0. The number of aryl methyl sites for hydroxylation is 1. The van der Waals surface area contributed by atoms with Crippen LogP contribution < -0.4 is 0 Å². The lowest BCUT2D eigenvalue weighted by Crippen LogP contribution is -2.43. The Bertz CT molecular complexity index is 1360. The Kier molecular flexibility index (Phi) is 6.82. The van der Waals surface area contributed by atoms with Crippen molar-refractivity contribution in [2.45, 2.75) is 25.4 Å². The monoisotopic (exact) mass is 495 g/mol. The molecule has 0 aliphatic carbocycles. The van der Waals surface area contributed by atoms with E-state index in [0.717, 1.165) is 17.7 Å². The van der Waals surface area contributed by atoms with E-state index < -0.39 is 41.2 Å². The summed E-state index contributed by atoms with van der Waals surface area (Å²) in [5, 5.41) is 13.4. The molecule has 3 aromatic rings. The number of ketones is 1. The van der Waals surface area contributed by atoms with Gasteiger partial charge < -0.3 is 14.7 Å². The first-order valence-electron chi connectivity index (χ1n) is 10.7. The van der Waals surface area contributed by atoms with E-state index in [9.17, 15) is 28.3 Å². The molecule has 0 saturated carbocycles. The van der Waals surface area contributed by atoms with Gasteiger partial charge in [0.15, 0.2) is 5.78 Å². The highest BCUT2D eigenvalue weighted by atomic mass is 19.1. The summed E-state index contributed by atoms with van der Waals surface area (Å²) in [6, 6.07) is 8.46. The van der Waals surface area contributed by atoms with Crippen LogP contribution in [0.15, 0.2) is 53.9 Å². The highest BCUT2D eigenvalue weighted by molar-refractivity contribution is 6.05. The normalized spacial score (nSPS) is 16.7. The number of hydrogen-bond acceptors (Lipinski definition) is 8. The van der Waals surface area contributed by atoms with Crippen LogP contribution in [0, 0.1) is 18.6 Å². The maximum atomic E-state index is 13.9. The molecule has 1 unspecified atom stereocenters. The molecule has 0 amide bonds. The van der Waals surface area contributed by atoms with Gasteiger partial charge in [0.05, 0.1) is 41.7 Å². The summed E-state index contributed by atoms with van der Waals surface area (Å²) in [5.74, 6) is -3.96. The van der Waals surface area contributed by atoms with Gasteiger partial charge in [0.1, 0.15) is 18.2 Å². The lowest BCUT2D eigenvalue weighted by Gasteiger charge is -2.19. The van der Waals surface area contributed by atoms with E-state index in [4.69, 9.17) is 4.84 Å². The first-order chi connectivity index (χ1) is 17.2. The fourth-order valence-electron chi connectivity index (χ4n) is 3.73. The molecule has 9 nitrogen and oxygen atoms in total. The number of aromatic nitrogens is 2. The number of aliphatic carboxylic acids is 1. The van der Waals surface area contributed by atoms with Crippen molar-refractivity contribution in [1.82, 2.24) is 9.97 Å². The summed E-state index contributed by atoms with van der Waals surface area (Å²) in [6.07, 6.45) is 2.32. The number of nitrogens with zero attached hydrogens (tertiary/aromatic N) is 3. The van der Waals surface area contributed by atoms with Crippen molar-refractivity contribution in [3.63, 3.8) is 0 Å². The van der Waals surface area contributed by atoms with Crippen molar-refractivity contribution in [3.8, 4) is 11.3 Å². The highest BCUT2D eigenvalue weighted by Gasteiger charge is 2.48. The fraction of sp³-hybridized carbons (Fsp3) is 0.200. The summed E-state index contributed by atoms with van der Waals surface area (Å²) in [5.41, 5.74) is 0.661. The van der Waals surface area contributed by atoms with E-state index in [1.807, 2.05) is 6.92 Å². The third kappa shape index (κ3) is 4.81. The summed E-state index contributed by atoms with van der Waals surface area (Å²) >= 11 is 0. The van der Waals surface area contributed by atoms with Crippen molar-refractivity contribution < 1.29 is 37.8 Å². The van der Waals surface area contributed by atoms with Crippen molar-refractivity contribution in [3.05, 3.63) is 82.8 Å². The van der Waals surface area contributed by atoms with Gasteiger partial charge in [0.25, 0.3) is 12.1 Å². The minimum atomic E-state index is -1.81. The van der Waals surface area contributed by atoms with Gasteiger partial charge in [-0.2, -0.15) is 0 Å². The predicted octanol–water partition coefficient (Wildman–Crippen LogP) is 3.28. The molecular formula is C25H19F2N3O6. The second kappa shape index (κ2) is 9.98. The third-order valence-electron chi connectivity index (χ3n) is 5.69. The molecule has 1 aliphatic heterocycles. The number of oxime groups is 1. The number of carboxylic acid groups (broad SMARTS) is 1. The molecule has 0 saturated heterocycles. The zero-order valence-corrected chi connectivity index (χ0v) is 18.9. The average Bonchev–Trinajstić information content (AvgIpc) is 3.29. The van der Waals surface area contributed by atoms with Crippen LogP contribution in [0.4, 0.5) is 8.78 Å². The molecule has 0 fully saturated rings. The van der Waals surface area contributed by atoms with Gasteiger partial charge in [-0.1, -0.05) is 23.4 Å². The molecule has 0 bridgehead atoms. The minimum Gasteiger partial charge on any atom is -0.478 e. The number of halogens is 2. The lowest BCUT2D eigenvalue weighted by atomic mass is 9.93. The molecule has 2 heterocycles. The van der Waals surface area contributed by atoms with Crippen molar-refractivity contribution in [2.75, 3.05) is 6.61 Å². The topological polar surface area (TPSA) is 128 Å². The summed E-state index contributed by atoms with van der Waals surface area (Å²) < 4.78 is 32.4. The predicted molar refractivity (Wildman–Crippen MR) is 121 cm³/mol. The van der Waals surface area contributed by atoms with Gasteiger partial charge in [0.2, 0.25) is 0 Å². The van der Waals surface area contributed by atoms with Crippen LogP contribution in [0.1, 0.15) is 33.6 Å². The molecule has 1 aromatic heterocycles. The SMILES string of the molecule is Cc1ccc(C2=NOC(COC=O)(C(=O)O)C2)cc1-c1cnc(CC(=O)c2c(F)cccc2F)cn1. The maximum Gasteiger partial charge on any atom is 0.355 e. The van der Waals surface area contributed by atoms with Crippen LogP contribution in [0.3, 0.4) is 0 Å². The molecular weight excluding hydrogens is 476 g/mol. The van der Waals surface area contributed by atoms with Crippen LogP contribution in [0.25, 0.3) is 11.3 Å². The Morgan fingerprint density at radius 3 is 2.56 bits per heavy atom. The van der Waals surface area contributed by atoms with E-state index in [-0.39, 0.29) is 25.0 Å². The number of Topliss-reactive ketones (excluding diaryl/α,β-unsaturated/α-hetero) is 1. The minimum absolute atomic E-state index is 0.127. The quantitative estimate of drug-likeness (QED) is 0.354. The average molecular weight is 495 g/mol. The van der Waals surface area contributed by atoms with E-state index >= 15 is 0 Å². The van der Waals surface area contributed by atoms with E-state index in [1.165, 1.54) is 18.5 Å². The number of benzene rings is 2. The van der Waals surface area contributed by atoms with E-state index in [0.29, 0.717) is 22.5 Å². The van der Waals surface area contributed by atoms with Crippen molar-refractivity contribution in [2.24, 2.45) is 5.16 Å². The smallest absolute Gasteiger partial charge is 0.355 e. The lowest BCUT2D eigenvalue weighted by molar-refractivity contribution is -0.171. The molecule has 184 valence electrons. The Balaban J connectivity index is 1.54. The highest BCUT2D eigenvalue weighted by Crippen LogP contribution is 2.30. The Labute approximate surface area is 203 Å². The van der Waals surface area contributed by atoms with Crippen LogP contribution in [-0.4, -0.2) is 51.2 Å². The van der Waals surface area contributed by atoms with Crippen LogP contribution >= 0.6 is 0 Å². The van der Waals surface area contributed by atoms with Crippen LogP contribution in [-0.2, 0) is 25.6 Å². The molecule has 36 heavy (non-hydrogen) atoms. The Morgan fingerprint density at radius 2 is 1.92 bits per heavy atom. The molecule has 11 heteroatoms. The number of carbonyl (C=O) groups excluding carboxylic acids is 2. The summed E-state index contributed by atoms with van der Waals surface area (Å²) in [4.78, 5) is 48.3. The second-order valence-electron chi connectivity index (χ2n) is 8.13. The number of carboxylic acids is 1. The molecule has 2 aromatic carbocycles. The zero-order valence-electron chi connectivity index (χ0n) is 18.9. The van der Waals surface area contributed by atoms with E-state index in [1.54, 1.807) is 18.2 Å². The standard InChI is InChI=1S/C25H19F2N3O6/c1-14-5-6-15(20-9-25(24(33)34,36-30-20)12-35-13-31)7-17(14)21-11-28-16(10-29-21)8-22(32)23-18(26)3-2-4-19(23)27/h2-7,10-11,13H,8-9,12H2,1H3,(H,33,34). The summed E-state index contributed by atoms with van der Waals surface area (Å²) in [6.45, 7) is 1.48. The van der Waals surface area contributed by atoms with Gasteiger partial charge in [-0.3, -0.25) is 19.6 Å². The number of ether oxygens (including phenoxy) is 1. The van der Waals surface area contributed by atoms with Gasteiger partial charge in [-0.05, 0) is 30.7 Å². The largest absolute Gasteiger partial charge is 0.478 e. The molecule has 1 atom stereocenters. The molecule has 1 aliphatic rings. The maximum absolute atomic E-state index is 13.9. The Hall–Kier alpha value is -4.54. The number of carbonyl (C=O) groups is 3. The zero-order chi connectivity index (χ0) is 25.9. The van der Waals surface area contributed by atoms with Crippen molar-refractivity contribution in [1.29, 1.82) is 0 Å². The number of hydrogen-bond donors (Lipinski definition) is 1. The number of rotatable bonds is 9. The van der Waals surface area contributed by atoms with Gasteiger partial charge in [-0.15, -0.1) is 0 Å². The first-order valence-corrected chi connectivity index (χ1v) is 10.7. The molecule has 4 rings (SSSR count). The van der Waals surface area contributed by atoms with Gasteiger partial charge in [0, 0.05) is 17.3 Å². The third-order valence-corrected chi connectivity index (χ3v) is 5.69. The fourth-order valence-corrected chi connectivity index (χ4v) is 3.73. The van der Waals surface area contributed by atoms with Crippen LogP contribution in [0.2, 0.25) is 0 Å². The van der Waals surface area contributed by atoms with Gasteiger partial charge >= 0.3 is 5.97 Å². The molecule has 1 N–H and O–H groups in total. The second-order valence-corrected chi connectivity index (χ2v) is 8.13. The first kappa shape index (κ1) is 24.6. The van der Waals surface area contributed by atoms with E-state index in [2.05, 4.69) is 19.9 Å². The van der Waals surface area contributed by atoms with Crippen molar-refractivity contribution >= 4 is 23.9 Å². The molecule has 0 spiro atoms. The molecule has 0 radical (unpaired) electrons. The van der Waals surface area contributed by atoms with Gasteiger partial charge in [-0.25, -0.2) is 13.6 Å². The Morgan fingerprint density at radius 1 is 1.17 bits per heavy atom. The van der Waals surface area contributed by atoms with Crippen LogP contribution in [0.5, 0.6) is 0 Å².